The second kappa shape index (κ2) is 10.1. The van der Waals surface area contributed by atoms with Crippen LogP contribution in [0.25, 0.3) is 0 Å². The minimum atomic E-state index is -0.733. The largest absolute Gasteiger partial charge is 0.453 e. The first-order chi connectivity index (χ1) is 12.5. The highest BCUT2D eigenvalue weighted by atomic mass is 32.1. The van der Waals surface area contributed by atoms with Crippen molar-refractivity contribution in [1.82, 2.24) is 5.32 Å². The lowest BCUT2D eigenvalue weighted by molar-refractivity contribution is -0.704. The van der Waals surface area contributed by atoms with Gasteiger partial charge in [0.2, 0.25) is 0 Å². The molecule has 0 saturated heterocycles. The fraction of sp³-hybridized carbons (Fsp3) is 0.400. The predicted molar refractivity (Wildman–Crippen MR) is 103 cm³/mol. The van der Waals surface area contributed by atoms with Crippen LogP contribution in [0.4, 0.5) is 4.79 Å². The number of methoxy groups -OCH3 is 1. The Morgan fingerprint density at radius 1 is 1.23 bits per heavy atom. The average molecular weight is 376 g/mol. The van der Waals surface area contributed by atoms with E-state index in [1.807, 2.05) is 16.8 Å². The van der Waals surface area contributed by atoms with Crippen LogP contribution in [-0.2, 0) is 16.0 Å². The fourth-order valence-electron chi connectivity index (χ4n) is 2.75. The van der Waals surface area contributed by atoms with Crippen molar-refractivity contribution in [3.63, 3.8) is 0 Å². The summed E-state index contributed by atoms with van der Waals surface area (Å²) in [6, 6.07) is 12.3. The molecular formula is C20H27N2O3S+. The van der Waals surface area contributed by atoms with Gasteiger partial charge in [0.05, 0.1) is 12.0 Å². The predicted octanol–water partition coefficient (Wildman–Crippen LogP) is 3.01. The van der Waals surface area contributed by atoms with Crippen molar-refractivity contribution in [1.29, 1.82) is 0 Å². The van der Waals surface area contributed by atoms with Crippen molar-refractivity contribution < 1.29 is 19.6 Å². The molecule has 1 aromatic carbocycles. The molecule has 2 amide bonds. The number of nitrogens with one attached hydrogen (secondary N) is 1. The summed E-state index contributed by atoms with van der Waals surface area (Å²) in [5.41, 5.74) is 2.47. The zero-order chi connectivity index (χ0) is 18.9. The van der Waals surface area contributed by atoms with Crippen LogP contribution < -0.4 is 10.6 Å². The number of hydrogen-bond acceptors (Lipinski definition) is 4. The van der Waals surface area contributed by atoms with Gasteiger partial charge in [-0.3, -0.25) is 10.1 Å². The summed E-state index contributed by atoms with van der Waals surface area (Å²) in [5, 5.41) is 6.25. The first-order valence-electron chi connectivity index (χ1n) is 8.91. The van der Waals surface area contributed by atoms with Crippen molar-refractivity contribution in [2.24, 2.45) is 0 Å². The van der Waals surface area contributed by atoms with E-state index in [1.165, 1.54) is 30.4 Å². The third kappa shape index (κ3) is 5.68. The molecule has 5 nitrogen and oxygen atoms in total. The standard InChI is InChI=1S/C20H26N2O3S/c1-4-5-7-15-9-11-16(12-10-15)18(17-8-6-13-26-17)21-14(2)19(23)22-20(24)25-3/h6,8-14,18,21H,4-5,7H2,1-3H3,(H,22,23,24)/p+1/t14-,18+/m0/s1. The number of benzene rings is 1. The lowest BCUT2D eigenvalue weighted by atomic mass is 10.0. The van der Waals surface area contributed by atoms with Crippen LogP contribution in [0.1, 0.15) is 48.7 Å². The molecule has 0 saturated carbocycles. The molecule has 6 heteroatoms. The number of thiophene rings is 1. The lowest BCUT2D eigenvalue weighted by Gasteiger charge is -2.19. The normalized spacial score (nSPS) is 13.0. The van der Waals surface area contributed by atoms with Crippen LogP contribution in [0.2, 0.25) is 0 Å². The molecule has 0 bridgehead atoms. The van der Waals surface area contributed by atoms with Crippen LogP contribution in [0.15, 0.2) is 41.8 Å². The van der Waals surface area contributed by atoms with Gasteiger partial charge in [-0.1, -0.05) is 43.7 Å². The molecule has 0 radical (unpaired) electrons. The van der Waals surface area contributed by atoms with Gasteiger partial charge in [0.1, 0.15) is 6.04 Å². The SMILES string of the molecule is CCCCc1ccc([C@@H]([NH2+][C@@H](C)C(=O)NC(=O)OC)c2cccs2)cc1. The van der Waals surface area contributed by atoms with Gasteiger partial charge in [-0.2, -0.15) is 0 Å². The second-order valence-electron chi connectivity index (χ2n) is 6.30. The molecule has 26 heavy (non-hydrogen) atoms. The molecule has 1 aromatic heterocycles. The molecule has 0 fully saturated rings. The van der Waals surface area contributed by atoms with Crippen molar-refractivity contribution in [2.45, 2.75) is 45.2 Å². The van der Waals surface area contributed by atoms with E-state index in [2.05, 4.69) is 47.3 Å². The van der Waals surface area contributed by atoms with Crippen molar-refractivity contribution in [3.8, 4) is 0 Å². The number of unbranched alkanes of at least 4 members (excludes halogenated alkanes) is 1. The number of rotatable bonds is 8. The van der Waals surface area contributed by atoms with E-state index >= 15 is 0 Å². The van der Waals surface area contributed by atoms with Crippen LogP contribution in [-0.4, -0.2) is 25.2 Å². The van der Waals surface area contributed by atoms with Crippen molar-refractivity contribution >= 4 is 23.3 Å². The molecule has 1 heterocycles. The highest BCUT2D eigenvalue weighted by Gasteiger charge is 2.26. The molecule has 0 aliphatic heterocycles. The third-order valence-electron chi connectivity index (χ3n) is 4.31. The maximum atomic E-state index is 12.2. The molecule has 0 aliphatic carbocycles. The van der Waals surface area contributed by atoms with Gasteiger partial charge >= 0.3 is 6.09 Å². The molecule has 3 N–H and O–H groups in total. The molecule has 140 valence electrons. The second-order valence-corrected chi connectivity index (χ2v) is 7.28. The van der Waals surface area contributed by atoms with Crippen LogP contribution in [0, 0.1) is 0 Å². The Balaban J connectivity index is 2.14. The number of aryl methyl sites for hydroxylation is 1. The molecule has 0 unspecified atom stereocenters. The Kier molecular flexibility index (Phi) is 7.81. The number of carbonyl (C=O) groups excluding carboxylic acids is 2. The van der Waals surface area contributed by atoms with Gasteiger partial charge < -0.3 is 10.1 Å². The number of hydrogen-bond donors (Lipinski definition) is 2. The van der Waals surface area contributed by atoms with E-state index in [0.29, 0.717) is 0 Å². The Labute approximate surface area is 158 Å². The Bertz CT molecular complexity index is 698. The molecule has 2 rings (SSSR count). The number of nitrogens with two attached hydrogens (primary N) is 1. The average Bonchev–Trinajstić information content (AvgIpc) is 3.19. The molecular weight excluding hydrogens is 348 g/mol. The van der Waals surface area contributed by atoms with Crippen LogP contribution in [0.3, 0.4) is 0 Å². The molecule has 2 atom stereocenters. The van der Waals surface area contributed by atoms with Crippen molar-refractivity contribution in [2.75, 3.05) is 7.11 Å². The van der Waals surface area contributed by atoms with Gasteiger partial charge in [-0.15, -0.1) is 11.3 Å². The van der Waals surface area contributed by atoms with Gasteiger partial charge in [0, 0.05) is 5.56 Å². The summed E-state index contributed by atoms with van der Waals surface area (Å²) >= 11 is 1.66. The van der Waals surface area contributed by atoms with E-state index in [0.717, 1.165) is 12.0 Å². The van der Waals surface area contributed by atoms with E-state index in [-0.39, 0.29) is 11.9 Å². The summed E-state index contributed by atoms with van der Waals surface area (Å²) in [6.45, 7) is 3.98. The first kappa shape index (κ1) is 20.1. The van der Waals surface area contributed by atoms with Crippen molar-refractivity contribution in [3.05, 3.63) is 57.8 Å². The first-order valence-corrected chi connectivity index (χ1v) is 9.79. The topological polar surface area (TPSA) is 72.0 Å². The van der Waals surface area contributed by atoms with E-state index in [9.17, 15) is 9.59 Å². The van der Waals surface area contributed by atoms with Gasteiger partial charge in [0.15, 0.2) is 6.04 Å². The maximum absolute atomic E-state index is 12.2. The minimum Gasteiger partial charge on any atom is -0.453 e. The fourth-order valence-corrected chi connectivity index (χ4v) is 3.59. The van der Waals surface area contributed by atoms with E-state index in [4.69, 9.17) is 0 Å². The quantitative estimate of drug-likeness (QED) is 0.745. The smallest absolute Gasteiger partial charge is 0.413 e. The minimum absolute atomic E-state index is 0.00798. The van der Waals surface area contributed by atoms with Gasteiger partial charge in [-0.05, 0) is 36.8 Å². The lowest BCUT2D eigenvalue weighted by Crippen LogP contribution is -2.92. The molecule has 0 aliphatic rings. The summed E-state index contributed by atoms with van der Waals surface area (Å²) in [6.07, 6.45) is 2.72. The zero-order valence-electron chi connectivity index (χ0n) is 15.5. The number of alkyl carbamates (subject to hydrolysis) is 1. The van der Waals surface area contributed by atoms with Gasteiger partial charge in [-0.25, -0.2) is 4.79 Å². The summed E-state index contributed by atoms with van der Waals surface area (Å²) < 4.78 is 4.50. The van der Waals surface area contributed by atoms with Gasteiger partial charge in [0.25, 0.3) is 5.91 Å². The number of quaternary nitrogens is 1. The van der Waals surface area contributed by atoms with Crippen LogP contribution in [0.5, 0.6) is 0 Å². The highest BCUT2D eigenvalue weighted by Crippen LogP contribution is 2.23. The number of carbonyl (C=O) groups is 2. The Morgan fingerprint density at radius 3 is 2.54 bits per heavy atom. The molecule has 0 spiro atoms. The van der Waals surface area contributed by atoms with E-state index in [1.54, 1.807) is 18.3 Å². The zero-order valence-corrected chi connectivity index (χ0v) is 16.3. The summed E-state index contributed by atoms with van der Waals surface area (Å²) in [4.78, 5) is 24.6. The van der Waals surface area contributed by atoms with Crippen LogP contribution >= 0.6 is 11.3 Å². The molecule has 2 aromatic rings. The third-order valence-corrected chi connectivity index (χ3v) is 5.27. The number of amides is 2. The number of imide groups is 1. The Morgan fingerprint density at radius 2 is 1.96 bits per heavy atom. The summed E-state index contributed by atoms with van der Waals surface area (Å²) in [5.74, 6) is -0.363. The monoisotopic (exact) mass is 375 g/mol. The maximum Gasteiger partial charge on any atom is 0.413 e. The highest BCUT2D eigenvalue weighted by molar-refractivity contribution is 7.10. The van der Waals surface area contributed by atoms with E-state index < -0.39 is 12.1 Å². The number of ether oxygens (including phenoxy) is 1. The summed E-state index contributed by atoms with van der Waals surface area (Å²) in [7, 11) is 1.24. The Hall–Kier alpha value is -2.18.